The number of hydrogen-bond donors (Lipinski definition) is 1. The Bertz CT molecular complexity index is 879. The van der Waals surface area contributed by atoms with Gasteiger partial charge in [-0.25, -0.2) is 4.79 Å². The van der Waals surface area contributed by atoms with Crippen molar-refractivity contribution < 1.29 is 14.7 Å². The van der Waals surface area contributed by atoms with E-state index in [9.17, 15) is 9.59 Å². The van der Waals surface area contributed by atoms with Crippen LogP contribution in [-0.4, -0.2) is 16.2 Å². The van der Waals surface area contributed by atoms with Crippen LogP contribution in [0.15, 0.2) is 42.5 Å². The number of carboxylic acid groups (broad SMARTS) is 1. The molecule has 0 fully saturated rings. The zero-order valence-corrected chi connectivity index (χ0v) is 17.2. The van der Waals surface area contributed by atoms with E-state index in [1.54, 1.807) is 12.1 Å². The number of carboxylic acids is 1. The molecule has 1 aliphatic carbocycles. The van der Waals surface area contributed by atoms with Gasteiger partial charge >= 0.3 is 5.97 Å². The molecule has 3 nitrogen and oxygen atoms in total. The first-order chi connectivity index (χ1) is 12.6. The van der Waals surface area contributed by atoms with Crippen LogP contribution in [0.4, 0.5) is 0 Å². The summed E-state index contributed by atoms with van der Waals surface area (Å²) in [6.07, 6.45) is 2.35. The Morgan fingerprint density at radius 2 is 1.44 bits per heavy atom. The summed E-state index contributed by atoms with van der Waals surface area (Å²) < 4.78 is 0. The molecule has 0 unspecified atom stereocenters. The molecule has 142 valence electrons. The van der Waals surface area contributed by atoms with E-state index in [1.807, 2.05) is 0 Å². The van der Waals surface area contributed by atoms with Crippen molar-refractivity contribution in [2.75, 3.05) is 0 Å². The summed E-state index contributed by atoms with van der Waals surface area (Å²) in [6, 6.07) is 12.7. The molecule has 0 bridgehead atoms. The normalized spacial score (nSPS) is 17.2. The monoisotopic (exact) mass is 382 g/mol. The topological polar surface area (TPSA) is 54.4 Å². The van der Waals surface area contributed by atoms with E-state index < -0.39 is 5.97 Å². The summed E-state index contributed by atoms with van der Waals surface area (Å²) in [5, 5.41) is 8.91. The van der Waals surface area contributed by atoms with Gasteiger partial charge in [0.05, 0.1) is 5.56 Å². The van der Waals surface area contributed by atoms with Gasteiger partial charge in [-0.1, -0.05) is 57.7 Å². The van der Waals surface area contributed by atoms with Crippen LogP contribution in [0.2, 0.25) is 0 Å². The number of aromatic carboxylic acids is 1. The minimum absolute atomic E-state index is 0.0377. The van der Waals surface area contributed by atoms with Gasteiger partial charge in [-0.15, -0.1) is 0 Å². The second-order valence-corrected chi connectivity index (χ2v) is 9.55. The standard InChI is InChI=1S/C23H26O3S/c1-22(2)11-12-23(3,4)19-13-15(5-10-18(19)22)14-27-21(26)17-8-6-16(7-9-17)20(24)25/h5-10,13H,11-12,14H2,1-4H3,(H,24,25). The fourth-order valence-electron chi connectivity index (χ4n) is 3.71. The van der Waals surface area contributed by atoms with Gasteiger partial charge in [0, 0.05) is 11.3 Å². The molecule has 4 heteroatoms. The summed E-state index contributed by atoms with van der Waals surface area (Å²) in [6.45, 7) is 9.21. The van der Waals surface area contributed by atoms with Crippen molar-refractivity contribution in [1.29, 1.82) is 0 Å². The smallest absolute Gasteiger partial charge is 0.335 e. The lowest BCUT2D eigenvalue weighted by molar-refractivity contribution is 0.0696. The van der Waals surface area contributed by atoms with Crippen molar-refractivity contribution >= 4 is 22.8 Å². The quantitative estimate of drug-likeness (QED) is 0.725. The van der Waals surface area contributed by atoms with Crippen molar-refractivity contribution in [2.45, 2.75) is 57.1 Å². The molecule has 0 heterocycles. The molecule has 0 saturated carbocycles. The minimum atomic E-state index is -0.985. The fraction of sp³-hybridized carbons (Fsp3) is 0.391. The highest BCUT2D eigenvalue weighted by atomic mass is 32.2. The first-order valence-electron chi connectivity index (χ1n) is 9.24. The molecule has 0 saturated heterocycles. The first-order valence-corrected chi connectivity index (χ1v) is 10.2. The van der Waals surface area contributed by atoms with Gasteiger partial charge < -0.3 is 5.11 Å². The summed E-state index contributed by atoms with van der Waals surface area (Å²) in [5.74, 6) is -0.371. The third-order valence-electron chi connectivity index (χ3n) is 5.65. The highest BCUT2D eigenvalue weighted by molar-refractivity contribution is 8.13. The van der Waals surface area contributed by atoms with E-state index >= 15 is 0 Å². The van der Waals surface area contributed by atoms with Crippen molar-refractivity contribution in [2.24, 2.45) is 0 Å². The van der Waals surface area contributed by atoms with E-state index in [1.165, 1.54) is 47.9 Å². The Hall–Kier alpha value is -2.07. The van der Waals surface area contributed by atoms with Gasteiger partial charge in [0.15, 0.2) is 0 Å². The molecule has 2 aromatic rings. The molecule has 3 rings (SSSR count). The van der Waals surface area contributed by atoms with Gasteiger partial charge in [0.2, 0.25) is 5.12 Å². The van der Waals surface area contributed by atoms with E-state index in [4.69, 9.17) is 5.11 Å². The second kappa shape index (κ2) is 7.16. The molecule has 0 atom stereocenters. The predicted octanol–water partition coefficient (Wildman–Crippen LogP) is 5.81. The van der Waals surface area contributed by atoms with Crippen LogP contribution in [0.1, 0.15) is 77.9 Å². The molecule has 0 aromatic heterocycles. The van der Waals surface area contributed by atoms with E-state index in [0.717, 1.165) is 5.56 Å². The summed E-state index contributed by atoms with van der Waals surface area (Å²) in [5.41, 5.74) is 5.04. The Morgan fingerprint density at radius 1 is 0.889 bits per heavy atom. The number of carbonyl (C=O) groups excluding carboxylic acids is 1. The second-order valence-electron chi connectivity index (χ2n) is 8.61. The van der Waals surface area contributed by atoms with Crippen molar-refractivity contribution in [3.05, 3.63) is 70.3 Å². The number of fused-ring (bicyclic) bond motifs is 1. The van der Waals surface area contributed by atoms with Crippen LogP contribution in [0.25, 0.3) is 0 Å². The fourth-order valence-corrected chi connectivity index (χ4v) is 4.49. The molecule has 0 aliphatic heterocycles. The predicted molar refractivity (Wildman–Crippen MR) is 111 cm³/mol. The van der Waals surface area contributed by atoms with Crippen LogP contribution in [0, 0.1) is 0 Å². The van der Waals surface area contributed by atoms with E-state index in [-0.39, 0.29) is 21.5 Å². The summed E-state index contributed by atoms with van der Waals surface area (Å²) in [7, 11) is 0. The highest BCUT2D eigenvalue weighted by Crippen LogP contribution is 2.46. The van der Waals surface area contributed by atoms with Crippen LogP contribution in [0.3, 0.4) is 0 Å². The maximum absolute atomic E-state index is 12.4. The molecular formula is C23H26O3S. The summed E-state index contributed by atoms with van der Waals surface area (Å²) >= 11 is 1.26. The third-order valence-corrected chi connectivity index (χ3v) is 6.63. The van der Waals surface area contributed by atoms with Crippen LogP contribution in [0.5, 0.6) is 0 Å². The van der Waals surface area contributed by atoms with Crippen molar-refractivity contribution in [1.82, 2.24) is 0 Å². The van der Waals surface area contributed by atoms with Gasteiger partial charge in [0.25, 0.3) is 0 Å². The van der Waals surface area contributed by atoms with Gasteiger partial charge in [0.1, 0.15) is 0 Å². The Balaban J connectivity index is 1.75. The number of benzene rings is 2. The molecule has 0 spiro atoms. The van der Waals surface area contributed by atoms with Crippen LogP contribution >= 0.6 is 11.8 Å². The van der Waals surface area contributed by atoms with E-state index in [2.05, 4.69) is 45.9 Å². The summed E-state index contributed by atoms with van der Waals surface area (Å²) in [4.78, 5) is 23.4. The first kappa shape index (κ1) is 19.7. The SMILES string of the molecule is CC1(C)CCC(C)(C)c2cc(CSC(=O)c3ccc(C(=O)O)cc3)ccc21. The highest BCUT2D eigenvalue weighted by Gasteiger charge is 2.36. The zero-order chi connectivity index (χ0) is 19.8. The lowest BCUT2D eigenvalue weighted by Gasteiger charge is -2.42. The maximum atomic E-state index is 12.4. The lowest BCUT2D eigenvalue weighted by atomic mass is 9.63. The molecule has 0 amide bonds. The Kier molecular flexibility index (Phi) is 5.22. The molecular weight excluding hydrogens is 356 g/mol. The molecule has 1 aliphatic rings. The van der Waals surface area contributed by atoms with Crippen LogP contribution < -0.4 is 0 Å². The third kappa shape index (κ3) is 4.11. The Morgan fingerprint density at radius 3 is 2.04 bits per heavy atom. The molecule has 0 radical (unpaired) electrons. The van der Waals surface area contributed by atoms with Gasteiger partial charge in [-0.05, 0) is 64.6 Å². The Labute approximate surface area is 165 Å². The number of rotatable bonds is 4. The number of thioether (sulfide) groups is 1. The average Bonchev–Trinajstić information content (AvgIpc) is 2.63. The van der Waals surface area contributed by atoms with Crippen molar-refractivity contribution in [3.63, 3.8) is 0 Å². The number of carbonyl (C=O) groups is 2. The minimum Gasteiger partial charge on any atom is -0.478 e. The van der Waals surface area contributed by atoms with Crippen molar-refractivity contribution in [3.8, 4) is 0 Å². The van der Waals surface area contributed by atoms with Crippen LogP contribution in [-0.2, 0) is 16.6 Å². The van der Waals surface area contributed by atoms with Gasteiger partial charge in [-0.3, -0.25) is 4.79 Å². The molecule has 2 aromatic carbocycles. The largest absolute Gasteiger partial charge is 0.478 e. The number of hydrogen-bond acceptors (Lipinski definition) is 3. The molecule has 27 heavy (non-hydrogen) atoms. The van der Waals surface area contributed by atoms with Gasteiger partial charge in [-0.2, -0.15) is 0 Å². The molecule has 1 N–H and O–H groups in total. The average molecular weight is 383 g/mol. The maximum Gasteiger partial charge on any atom is 0.335 e. The lowest BCUT2D eigenvalue weighted by Crippen LogP contribution is -2.33. The zero-order valence-electron chi connectivity index (χ0n) is 16.3. The van der Waals surface area contributed by atoms with E-state index in [0.29, 0.717) is 11.3 Å².